The lowest BCUT2D eigenvalue weighted by Gasteiger charge is -2.06. The Hall–Kier alpha value is -2.93. The van der Waals surface area contributed by atoms with Gasteiger partial charge in [0.25, 0.3) is 0 Å². The molecule has 0 amide bonds. The van der Waals surface area contributed by atoms with E-state index in [0.717, 1.165) is 39.1 Å². The van der Waals surface area contributed by atoms with E-state index in [1.807, 2.05) is 43.3 Å². The molecule has 110 valence electrons. The van der Waals surface area contributed by atoms with Crippen LogP contribution in [0.3, 0.4) is 0 Å². The van der Waals surface area contributed by atoms with E-state index in [1.165, 1.54) is 0 Å². The van der Waals surface area contributed by atoms with Gasteiger partial charge in [-0.2, -0.15) is 5.26 Å². The molecule has 0 spiro atoms. The van der Waals surface area contributed by atoms with E-state index in [9.17, 15) is 5.26 Å². The number of benzene rings is 2. The van der Waals surface area contributed by atoms with Crippen molar-refractivity contribution in [2.45, 2.75) is 6.92 Å². The summed E-state index contributed by atoms with van der Waals surface area (Å²) in [6.07, 6.45) is 0. The third-order valence-corrected chi connectivity index (χ3v) is 3.80. The minimum absolute atomic E-state index is 0.549. The molecule has 1 heterocycles. The maximum absolute atomic E-state index is 9.44. The highest BCUT2D eigenvalue weighted by Crippen LogP contribution is 2.36. The monoisotopic (exact) mass is 292 g/mol. The summed E-state index contributed by atoms with van der Waals surface area (Å²) in [6.45, 7) is 1.98. The van der Waals surface area contributed by atoms with Crippen molar-refractivity contribution in [2.24, 2.45) is 0 Å². The van der Waals surface area contributed by atoms with Crippen molar-refractivity contribution < 1.29 is 9.47 Å². The highest BCUT2D eigenvalue weighted by Gasteiger charge is 2.15. The van der Waals surface area contributed by atoms with Crippen LogP contribution in [0.2, 0.25) is 0 Å². The van der Waals surface area contributed by atoms with Gasteiger partial charge in [-0.1, -0.05) is 12.1 Å². The number of fused-ring (bicyclic) bond motifs is 1. The van der Waals surface area contributed by atoms with Gasteiger partial charge >= 0.3 is 0 Å². The van der Waals surface area contributed by atoms with Crippen molar-refractivity contribution in [1.29, 1.82) is 5.26 Å². The van der Waals surface area contributed by atoms with Gasteiger partial charge in [-0.15, -0.1) is 0 Å². The molecule has 0 aliphatic heterocycles. The molecule has 4 nitrogen and oxygen atoms in total. The molecule has 0 aliphatic carbocycles. The number of aryl methyl sites for hydroxylation is 1. The Kier molecular flexibility index (Phi) is 3.48. The minimum Gasteiger partial charge on any atom is -0.497 e. The van der Waals surface area contributed by atoms with E-state index in [0.29, 0.717) is 5.69 Å². The maximum Gasteiger partial charge on any atom is 0.126 e. The molecule has 0 fully saturated rings. The topological polar surface area (TPSA) is 58.0 Å². The number of aromatic amines is 1. The van der Waals surface area contributed by atoms with E-state index >= 15 is 0 Å². The van der Waals surface area contributed by atoms with Gasteiger partial charge in [0.05, 0.1) is 14.2 Å². The molecule has 0 saturated carbocycles. The summed E-state index contributed by atoms with van der Waals surface area (Å²) in [7, 11) is 3.29. The summed E-state index contributed by atoms with van der Waals surface area (Å²) in [6, 6.07) is 13.9. The molecule has 1 N–H and O–H groups in total. The Bertz CT molecular complexity index is 871. The summed E-state index contributed by atoms with van der Waals surface area (Å²) in [4.78, 5) is 3.19. The zero-order chi connectivity index (χ0) is 15.7. The first-order valence-corrected chi connectivity index (χ1v) is 6.92. The Morgan fingerprint density at radius 3 is 2.36 bits per heavy atom. The van der Waals surface area contributed by atoms with E-state index in [4.69, 9.17) is 9.47 Å². The number of H-pyrrole nitrogens is 1. The smallest absolute Gasteiger partial charge is 0.126 e. The number of methoxy groups -OCH3 is 2. The molecule has 1 aromatic heterocycles. The van der Waals surface area contributed by atoms with Gasteiger partial charge in [0, 0.05) is 16.5 Å². The molecular formula is C18H16N2O2. The molecule has 0 unspecified atom stereocenters. The van der Waals surface area contributed by atoms with Crippen LogP contribution >= 0.6 is 0 Å². The van der Waals surface area contributed by atoms with Gasteiger partial charge in [0.15, 0.2) is 0 Å². The van der Waals surface area contributed by atoms with Crippen LogP contribution in [0.4, 0.5) is 0 Å². The van der Waals surface area contributed by atoms with Crippen LogP contribution in [0.5, 0.6) is 11.5 Å². The Morgan fingerprint density at radius 1 is 1.05 bits per heavy atom. The van der Waals surface area contributed by atoms with Crippen LogP contribution in [-0.2, 0) is 0 Å². The third kappa shape index (κ3) is 2.17. The largest absolute Gasteiger partial charge is 0.497 e. The number of ether oxygens (including phenoxy) is 2. The fourth-order valence-electron chi connectivity index (χ4n) is 2.69. The maximum atomic E-state index is 9.44. The number of rotatable bonds is 3. The number of nitriles is 1. The Morgan fingerprint density at radius 2 is 1.77 bits per heavy atom. The van der Waals surface area contributed by atoms with Crippen LogP contribution in [0.15, 0.2) is 36.4 Å². The molecule has 0 aliphatic rings. The van der Waals surface area contributed by atoms with Gasteiger partial charge in [0.2, 0.25) is 0 Å². The number of aromatic nitrogens is 1. The number of hydrogen-bond donors (Lipinski definition) is 1. The molecular weight excluding hydrogens is 276 g/mol. The van der Waals surface area contributed by atoms with Crippen LogP contribution in [0, 0.1) is 18.3 Å². The predicted octanol–water partition coefficient (Wildman–Crippen LogP) is 4.03. The first-order valence-electron chi connectivity index (χ1n) is 6.92. The van der Waals surface area contributed by atoms with Crippen LogP contribution < -0.4 is 9.47 Å². The van der Waals surface area contributed by atoms with Gasteiger partial charge in [-0.05, 0) is 42.3 Å². The van der Waals surface area contributed by atoms with E-state index in [-0.39, 0.29) is 0 Å². The SMILES string of the molecule is COc1ccc(-c2c(C#N)[nH]c3cc(C)c(OC)cc23)cc1. The summed E-state index contributed by atoms with van der Waals surface area (Å²) in [5, 5.41) is 10.4. The average molecular weight is 292 g/mol. The third-order valence-electron chi connectivity index (χ3n) is 3.80. The fourth-order valence-corrected chi connectivity index (χ4v) is 2.69. The zero-order valence-electron chi connectivity index (χ0n) is 12.7. The molecule has 22 heavy (non-hydrogen) atoms. The summed E-state index contributed by atoms with van der Waals surface area (Å²) < 4.78 is 10.6. The van der Waals surface area contributed by atoms with Gasteiger partial charge < -0.3 is 14.5 Å². The Balaban J connectivity index is 2.28. The second kappa shape index (κ2) is 5.45. The highest BCUT2D eigenvalue weighted by atomic mass is 16.5. The first kappa shape index (κ1) is 14.0. The van der Waals surface area contributed by atoms with Crippen molar-refractivity contribution in [3.05, 3.63) is 47.7 Å². The van der Waals surface area contributed by atoms with Crippen molar-refractivity contribution in [3.8, 4) is 28.7 Å². The van der Waals surface area contributed by atoms with Crippen molar-refractivity contribution in [2.75, 3.05) is 14.2 Å². The van der Waals surface area contributed by atoms with E-state index < -0.39 is 0 Å². The first-order chi connectivity index (χ1) is 10.7. The quantitative estimate of drug-likeness (QED) is 0.792. The molecule has 3 rings (SSSR count). The number of nitrogens with zero attached hydrogens (tertiary/aromatic N) is 1. The second-order valence-electron chi connectivity index (χ2n) is 5.08. The van der Waals surface area contributed by atoms with Crippen molar-refractivity contribution in [3.63, 3.8) is 0 Å². The summed E-state index contributed by atoms with van der Waals surface area (Å²) >= 11 is 0. The predicted molar refractivity (Wildman–Crippen MR) is 86.3 cm³/mol. The lowest BCUT2D eigenvalue weighted by molar-refractivity contribution is 0.412. The van der Waals surface area contributed by atoms with E-state index in [1.54, 1.807) is 14.2 Å². The second-order valence-corrected chi connectivity index (χ2v) is 5.08. The molecule has 0 bridgehead atoms. The lowest BCUT2D eigenvalue weighted by Crippen LogP contribution is -1.87. The Labute approximate surface area is 128 Å². The molecule has 4 heteroatoms. The van der Waals surface area contributed by atoms with Crippen LogP contribution in [0.25, 0.3) is 22.0 Å². The van der Waals surface area contributed by atoms with E-state index in [2.05, 4.69) is 11.1 Å². The average Bonchev–Trinajstić information content (AvgIpc) is 2.91. The minimum atomic E-state index is 0.549. The molecule has 2 aromatic carbocycles. The van der Waals surface area contributed by atoms with Crippen LogP contribution in [0.1, 0.15) is 11.3 Å². The zero-order valence-corrected chi connectivity index (χ0v) is 12.7. The van der Waals surface area contributed by atoms with Gasteiger partial charge in [-0.25, -0.2) is 0 Å². The number of nitrogens with one attached hydrogen (secondary N) is 1. The summed E-state index contributed by atoms with van der Waals surface area (Å²) in [5.74, 6) is 1.60. The van der Waals surface area contributed by atoms with Crippen molar-refractivity contribution in [1.82, 2.24) is 4.98 Å². The molecule has 3 aromatic rings. The lowest BCUT2D eigenvalue weighted by atomic mass is 10.0. The van der Waals surface area contributed by atoms with Crippen LogP contribution in [-0.4, -0.2) is 19.2 Å². The number of hydrogen-bond acceptors (Lipinski definition) is 3. The normalized spacial score (nSPS) is 10.5. The molecule has 0 saturated heterocycles. The van der Waals surface area contributed by atoms with Gasteiger partial charge in [-0.3, -0.25) is 0 Å². The molecule has 0 atom stereocenters. The fraction of sp³-hybridized carbons (Fsp3) is 0.167. The van der Waals surface area contributed by atoms with Gasteiger partial charge in [0.1, 0.15) is 23.3 Å². The van der Waals surface area contributed by atoms with Crippen molar-refractivity contribution >= 4 is 10.9 Å². The summed E-state index contributed by atoms with van der Waals surface area (Å²) in [5.41, 5.74) is 4.36. The standard InChI is InChI=1S/C18H16N2O2/c1-11-8-15-14(9-17(11)22-3)18(16(10-19)20-15)12-4-6-13(21-2)7-5-12/h4-9,20H,1-3H3. The molecule has 0 radical (unpaired) electrons. The highest BCUT2D eigenvalue weighted by molar-refractivity contribution is 5.99.